The van der Waals surface area contributed by atoms with Gasteiger partial charge in [-0.15, -0.1) is 0 Å². The lowest BCUT2D eigenvalue weighted by molar-refractivity contribution is -0.113. The van der Waals surface area contributed by atoms with Crippen LogP contribution in [0.1, 0.15) is 23.0 Å². The van der Waals surface area contributed by atoms with Crippen molar-refractivity contribution in [2.45, 2.75) is 6.92 Å². The molecular formula is C23H14BrCl2NO4S2. The average molecular weight is 583 g/mol. The molecule has 0 N–H and O–H groups in total. The second kappa shape index (κ2) is 10.0. The number of rotatable bonds is 5. The molecule has 33 heavy (non-hydrogen) atoms. The number of esters is 1. The molecule has 1 amide bonds. The van der Waals surface area contributed by atoms with Crippen LogP contribution in [0, 0.1) is 0 Å². The third-order valence-corrected chi connectivity index (χ3v) is 7.47. The van der Waals surface area contributed by atoms with Crippen LogP contribution >= 0.6 is 63.1 Å². The van der Waals surface area contributed by atoms with E-state index in [0.29, 0.717) is 42.0 Å². The molecule has 0 bridgehead atoms. The lowest BCUT2D eigenvalue weighted by atomic mass is 10.1. The first-order chi connectivity index (χ1) is 15.8. The van der Waals surface area contributed by atoms with Crippen LogP contribution in [0.4, 0.5) is 5.69 Å². The zero-order valence-electron chi connectivity index (χ0n) is 16.9. The lowest BCUT2D eigenvalue weighted by Gasteiger charge is -2.15. The molecule has 168 valence electrons. The number of halogens is 3. The summed E-state index contributed by atoms with van der Waals surface area (Å²) in [7, 11) is 0. The first-order valence-electron chi connectivity index (χ1n) is 9.58. The molecule has 1 saturated heterocycles. The van der Waals surface area contributed by atoms with Crippen molar-refractivity contribution in [3.8, 4) is 11.3 Å². The molecule has 1 aliphatic rings. The summed E-state index contributed by atoms with van der Waals surface area (Å²) in [6.07, 6.45) is 1.63. The fraction of sp³-hybridized carbons (Fsp3) is 0.0870. The summed E-state index contributed by atoms with van der Waals surface area (Å²) in [4.78, 5) is 27.0. The van der Waals surface area contributed by atoms with Crippen LogP contribution in [0.25, 0.3) is 17.4 Å². The van der Waals surface area contributed by atoms with E-state index in [1.165, 1.54) is 16.7 Å². The zero-order valence-corrected chi connectivity index (χ0v) is 21.7. The normalized spacial score (nSPS) is 14.9. The minimum Gasteiger partial charge on any atom is -0.462 e. The number of benzene rings is 2. The van der Waals surface area contributed by atoms with Crippen molar-refractivity contribution in [1.82, 2.24) is 0 Å². The van der Waals surface area contributed by atoms with Crippen molar-refractivity contribution in [2.75, 3.05) is 11.5 Å². The van der Waals surface area contributed by atoms with E-state index < -0.39 is 5.97 Å². The van der Waals surface area contributed by atoms with Crippen LogP contribution in [0.3, 0.4) is 0 Å². The van der Waals surface area contributed by atoms with Gasteiger partial charge in [-0.05, 0) is 71.4 Å². The number of carbonyl (C=O) groups excluding carboxylic acids is 2. The van der Waals surface area contributed by atoms with Crippen LogP contribution < -0.4 is 4.90 Å². The molecule has 10 heteroatoms. The molecule has 1 aromatic heterocycles. The molecule has 2 aromatic carbocycles. The Hall–Kier alpha value is -2.10. The van der Waals surface area contributed by atoms with Crippen molar-refractivity contribution in [3.63, 3.8) is 0 Å². The number of thioether (sulfide) groups is 1. The first-order valence-corrected chi connectivity index (χ1v) is 12.4. The predicted molar refractivity (Wildman–Crippen MR) is 140 cm³/mol. The average Bonchev–Trinajstić information content (AvgIpc) is 3.35. The van der Waals surface area contributed by atoms with E-state index in [-0.39, 0.29) is 18.1 Å². The number of furan rings is 1. The highest BCUT2D eigenvalue weighted by atomic mass is 79.9. The highest BCUT2D eigenvalue weighted by molar-refractivity contribution is 9.10. The number of nitrogens with zero attached hydrogens (tertiary/aromatic N) is 1. The second-order valence-electron chi connectivity index (χ2n) is 6.73. The smallest absolute Gasteiger partial charge is 0.339 e. The van der Waals surface area contributed by atoms with E-state index in [2.05, 4.69) is 15.9 Å². The third kappa shape index (κ3) is 5.05. The largest absolute Gasteiger partial charge is 0.462 e. The van der Waals surface area contributed by atoms with Crippen molar-refractivity contribution >= 4 is 91.1 Å². The van der Waals surface area contributed by atoms with E-state index in [1.807, 2.05) is 0 Å². The summed E-state index contributed by atoms with van der Waals surface area (Å²) in [6.45, 7) is 1.97. The maximum Gasteiger partial charge on any atom is 0.339 e. The second-order valence-corrected chi connectivity index (χ2v) is 10.1. The zero-order chi connectivity index (χ0) is 23.7. The van der Waals surface area contributed by atoms with E-state index in [1.54, 1.807) is 61.5 Å². The summed E-state index contributed by atoms with van der Waals surface area (Å²) in [5.74, 6) is 0.205. The third-order valence-electron chi connectivity index (χ3n) is 4.60. The fourth-order valence-corrected chi connectivity index (χ4v) is 4.97. The first kappa shape index (κ1) is 24.0. The summed E-state index contributed by atoms with van der Waals surface area (Å²) >= 11 is 22.2. The molecule has 4 rings (SSSR count). The Morgan fingerprint density at radius 2 is 1.97 bits per heavy atom. The highest BCUT2D eigenvalue weighted by Crippen LogP contribution is 2.38. The lowest BCUT2D eigenvalue weighted by Crippen LogP contribution is -2.27. The van der Waals surface area contributed by atoms with Crippen molar-refractivity contribution in [3.05, 3.63) is 79.3 Å². The number of ether oxygens (including phenoxy) is 1. The highest BCUT2D eigenvalue weighted by Gasteiger charge is 2.33. The molecular weight excluding hydrogens is 569 g/mol. The standard InChI is InChI=1S/C23H14BrCl2NO4S2/c1-2-30-22(29)15-9-12(3-7-17(15)25)19-8-5-14(31-19)11-20-21(28)27(23(32)33-20)13-4-6-16(24)18(26)10-13/h3-11H,2H2,1H3/b20-11+. The van der Waals surface area contributed by atoms with Gasteiger partial charge in [0, 0.05) is 16.1 Å². The monoisotopic (exact) mass is 581 g/mol. The van der Waals surface area contributed by atoms with Crippen LogP contribution in [0.5, 0.6) is 0 Å². The van der Waals surface area contributed by atoms with Gasteiger partial charge in [-0.3, -0.25) is 9.69 Å². The van der Waals surface area contributed by atoms with Crippen molar-refractivity contribution in [1.29, 1.82) is 0 Å². The molecule has 2 heterocycles. The molecule has 0 unspecified atom stereocenters. The Morgan fingerprint density at radius 3 is 2.70 bits per heavy atom. The van der Waals surface area contributed by atoms with E-state index in [0.717, 1.165) is 4.47 Å². The van der Waals surface area contributed by atoms with Gasteiger partial charge in [0.05, 0.1) is 32.8 Å². The minimum absolute atomic E-state index is 0.245. The summed E-state index contributed by atoms with van der Waals surface area (Å²) in [6, 6.07) is 13.6. The van der Waals surface area contributed by atoms with Gasteiger partial charge in [-0.2, -0.15) is 0 Å². The Kier molecular flexibility index (Phi) is 7.31. The Morgan fingerprint density at radius 1 is 1.18 bits per heavy atom. The molecule has 0 radical (unpaired) electrons. The molecule has 0 atom stereocenters. The van der Waals surface area contributed by atoms with E-state index >= 15 is 0 Å². The Bertz CT molecular complexity index is 1320. The number of hydrogen-bond donors (Lipinski definition) is 0. The molecule has 0 saturated carbocycles. The number of amides is 1. The summed E-state index contributed by atoms with van der Waals surface area (Å²) in [5, 5.41) is 0.770. The summed E-state index contributed by atoms with van der Waals surface area (Å²) < 4.78 is 12.1. The molecule has 0 spiro atoms. The molecule has 1 fully saturated rings. The van der Waals surface area contributed by atoms with Gasteiger partial charge in [0.1, 0.15) is 11.5 Å². The predicted octanol–water partition coefficient (Wildman–Crippen LogP) is 7.60. The fourth-order valence-electron chi connectivity index (χ4n) is 3.07. The van der Waals surface area contributed by atoms with Gasteiger partial charge < -0.3 is 9.15 Å². The minimum atomic E-state index is -0.507. The molecule has 5 nitrogen and oxygen atoms in total. The van der Waals surface area contributed by atoms with Gasteiger partial charge in [0.2, 0.25) is 0 Å². The quantitative estimate of drug-likeness (QED) is 0.175. The Balaban J connectivity index is 1.60. The number of hydrogen-bond acceptors (Lipinski definition) is 6. The van der Waals surface area contributed by atoms with Crippen LogP contribution in [0.2, 0.25) is 10.0 Å². The molecule has 1 aliphatic heterocycles. The van der Waals surface area contributed by atoms with Gasteiger partial charge in [0.25, 0.3) is 5.91 Å². The van der Waals surface area contributed by atoms with Crippen LogP contribution in [-0.2, 0) is 9.53 Å². The summed E-state index contributed by atoms with van der Waals surface area (Å²) in [5.41, 5.74) is 1.49. The van der Waals surface area contributed by atoms with Gasteiger partial charge in [0.15, 0.2) is 4.32 Å². The molecule has 0 aliphatic carbocycles. The Labute approximate surface area is 217 Å². The topological polar surface area (TPSA) is 59.8 Å². The van der Waals surface area contributed by atoms with Gasteiger partial charge in [-0.1, -0.05) is 47.2 Å². The van der Waals surface area contributed by atoms with E-state index in [4.69, 9.17) is 44.6 Å². The van der Waals surface area contributed by atoms with Gasteiger partial charge >= 0.3 is 5.97 Å². The molecule has 3 aromatic rings. The van der Waals surface area contributed by atoms with Crippen molar-refractivity contribution < 1.29 is 18.7 Å². The van der Waals surface area contributed by atoms with Crippen LogP contribution in [-0.4, -0.2) is 22.8 Å². The van der Waals surface area contributed by atoms with Crippen LogP contribution in [0.15, 0.2) is 62.3 Å². The SMILES string of the molecule is CCOC(=O)c1cc(-c2ccc(/C=C3/SC(=S)N(c4ccc(Br)c(Cl)c4)C3=O)o2)ccc1Cl. The maximum absolute atomic E-state index is 13.0. The van der Waals surface area contributed by atoms with Crippen molar-refractivity contribution in [2.24, 2.45) is 0 Å². The number of anilines is 1. The van der Waals surface area contributed by atoms with E-state index in [9.17, 15) is 9.59 Å². The number of carbonyl (C=O) groups is 2. The van der Waals surface area contributed by atoms with Gasteiger partial charge in [-0.25, -0.2) is 4.79 Å². The maximum atomic E-state index is 13.0. The number of thiocarbonyl (C=S) groups is 1.